The normalized spacial score (nSPS) is 15.3. The van der Waals surface area contributed by atoms with Crippen LogP contribution in [0.1, 0.15) is 47.9 Å². The lowest BCUT2D eigenvalue weighted by atomic mass is 10.0. The van der Waals surface area contributed by atoms with Gasteiger partial charge in [-0.15, -0.1) is 0 Å². The maximum Gasteiger partial charge on any atom is 0.330 e. The lowest BCUT2D eigenvalue weighted by molar-refractivity contribution is -0.158. The molecule has 0 spiro atoms. The van der Waals surface area contributed by atoms with E-state index >= 15 is 0 Å². The molecule has 144 valence electrons. The van der Waals surface area contributed by atoms with Crippen LogP contribution in [0.4, 0.5) is 4.79 Å². The minimum absolute atomic E-state index is 0.0402. The van der Waals surface area contributed by atoms with Crippen molar-refractivity contribution in [1.82, 2.24) is 10.2 Å². The number of carbonyl (C=O) groups excluding carboxylic acids is 5. The molecule has 9 nitrogen and oxygen atoms in total. The first-order chi connectivity index (χ1) is 12.6. The SMILES string of the molecule is CC(C)C[C@@H](C(=O)O[C@H](C)C(=O)NC(N)=O)N1C(=O)c2ccccc2C1=O. The molecule has 1 heterocycles. The van der Waals surface area contributed by atoms with Crippen LogP contribution in [0.3, 0.4) is 0 Å². The number of rotatable bonds is 6. The molecule has 27 heavy (non-hydrogen) atoms. The summed E-state index contributed by atoms with van der Waals surface area (Å²) >= 11 is 0. The Morgan fingerprint density at radius 2 is 1.59 bits per heavy atom. The van der Waals surface area contributed by atoms with Gasteiger partial charge >= 0.3 is 12.0 Å². The van der Waals surface area contributed by atoms with Crippen LogP contribution in [0.2, 0.25) is 0 Å². The van der Waals surface area contributed by atoms with E-state index in [1.807, 2.05) is 13.8 Å². The highest BCUT2D eigenvalue weighted by atomic mass is 16.5. The Hall–Kier alpha value is -3.23. The van der Waals surface area contributed by atoms with E-state index in [9.17, 15) is 24.0 Å². The molecule has 2 atom stereocenters. The van der Waals surface area contributed by atoms with Crippen molar-refractivity contribution < 1.29 is 28.7 Å². The van der Waals surface area contributed by atoms with Crippen LogP contribution in [0, 0.1) is 5.92 Å². The Balaban J connectivity index is 2.24. The van der Waals surface area contributed by atoms with Gasteiger partial charge in [0, 0.05) is 0 Å². The quantitative estimate of drug-likeness (QED) is 0.558. The summed E-state index contributed by atoms with van der Waals surface area (Å²) in [7, 11) is 0. The zero-order valence-electron chi connectivity index (χ0n) is 15.2. The van der Waals surface area contributed by atoms with E-state index < -0.39 is 41.9 Å². The number of hydrogen-bond donors (Lipinski definition) is 2. The predicted octanol–water partition coefficient (Wildman–Crippen LogP) is 0.824. The largest absolute Gasteiger partial charge is 0.451 e. The third kappa shape index (κ3) is 4.30. The number of carbonyl (C=O) groups is 5. The van der Waals surface area contributed by atoms with Gasteiger partial charge in [-0.05, 0) is 31.4 Å². The van der Waals surface area contributed by atoms with Crippen molar-refractivity contribution in [3.05, 3.63) is 35.4 Å². The van der Waals surface area contributed by atoms with Crippen molar-refractivity contribution in [2.75, 3.05) is 0 Å². The molecule has 0 fully saturated rings. The van der Waals surface area contributed by atoms with E-state index in [-0.39, 0.29) is 23.5 Å². The van der Waals surface area contributed by atoms with Crippen molar-refractivity contribution in [3.63, 3.8) is 0 Å². The molecule has 1 aromatic rings. The molecular formula is C18H21N3O6. The number of urea groups is 1. The van der Waals surface area contributed by atoms with E-state index in [0.717, 1.165) is 4.90 Å². The maximum atomic E-state index is 12.7. The van der Waals surface area contributed by atoms with Gasteiger partial charge in [-0.1, -0.05) is 26.0 Å². The Bertz CT molecular complexity index is 769. The Morgan fingerprint density at radius 1 is 1.07 bits per heavy atom. The lowest BCUT2D eigenvalue weighted by Crippen LogP contribution is -2.49. The smallest absolute Gasteiger partial charge is 0.330 e. The molecular weight excluding hydrogens is 354 g/mol. The van der Waals surface area contributed by atoms with Crippen LogP contribution in [-0.2, 0) is 14.3 Å². The van der Waals surface area contributed by atoms with Gasteiger partial charge in [0.25, 0.3) is 17.7 Å². The van der Waals surface area contributed by atoms with Crippen LogP contribution >= 0.6 is 0 Å². The van der Waals surface area contributed by atoms with Crippen molar-refractivity contribution >= 4 is 29.7 Å². The number of fused-ring (bicyclic) bond motifs is 1. The summed E-state index contributed by atoms with van der Waals surface area (Å²) in [5.41, 5.74) is 5.29. The molecule has 1 aromatic carbocycles. The van der Waals surface area contributed by atoms with Crippen LogP contribution in [-0.4, -0.2) is 46.8 Å². The van der Waals surface area contributed by atoms with Crippen molar-refractivity contribution in [2.24, 2.45) is 11.7 Å². The number of benzene rings is 1. The van der Waals surface area contributed by atoms with Gasteiger partial charge in [0.05, 0.1) is 11.1 Å². The molecule has 0 bridgehead atoms. The number of primary amides is 1. The van der Waals surface area contributed by atoms with E-state index in [0.29, 0.717) is 0 Å². The molecule has 1 aliphatic rings. The Kier molecular flexibility index (Phi) is 5.94. The molecule has 5 amide bonds. The minimum atomic E-state index is -1.32. The standard InChI is InChI=1S/C18H21N3O6/c1-9(2)8-13(17(25)27-10(3)14(22)20-18(19)26)21-15(23)11-6-4-5-7-12(11)16(21)24/h4-7,9-10,13H,8H2,1-3H3,(H3,19,20,22,26)/t10-,13+/m1/s1. The zero-order chi connectivity index (χ0) is 20.3. The molecule has 0 saturated heterocycles. The fraction of sp³-hybridized carbons (Fsp3) is 0.389. The number of amides is 5. The number of imide groups is 2. The average Bonchev–Trinajstić information content (AvgIpc) is 2.83. The number of nitrogens with one attached hydrogen (secondary N) is 1. The number of ether oxygens (including phenoxy) is 1. The monoisotopic (exact) mass is 375 g/mol. The van der Waals surface area contributed by atoms with Gasteiger partial charge in [0.15, 0.2) is 6.10 Å². The summed E-state index contributed by atoms with van der Waals surface area (Å²) in [4.78, 5) is 61.3. The number of nitrogens with zero attached hydrogens (tertiary/aromatic N) is 1. The molecule has 0 radical (unpaired) electrons. The summed E-state index contributed by atoms with van der Waals surface area (Å²) in [5, 5.41) is 1.80. The molecule has 1 aliphatic heterocycles. The van der Waals surface area contributed by atoms with Crippen LogP contribution in [0.25, 0.3) is 0 Å². The minimum Gasteiger partial charge on any atom is -0.451 e. The molecule has 0 aliphatic carbocycles. The summed E-state index contributed by atoms with van der Waals surface area (Å²) in [6.45, 7) is 4.90. The van der Waals surface area contributed by atoms with Crippen LogP contribution in [0.15, 0.2) is 24.3 Å². The lowest BCUT2D eigenvalue weighted by Gasteiger charge is -2.27. The Morgan fingerprint density at radius 3 is 2.04 bits per heavy atom. The average molecular weight is 375 g/mol. The molecule has 0 aromatic heterocycles. The number of nitrogens with two attached hydrogens (primary N) is 1. The zero-order valence-corrected chi connectivity index (χ0v) is 15.2. The third-order valence-electron chi connectivity index (χ3n) is 4.01. The third-order valence-corrected chi connectivity index (χ3v) is 4.01. The van der Waals surface area contributed by atoms with Gasteiger partial charge in [-0.2, -0.15) is 0 Å². The summed E-state index contributed by atoms with van der Waals surface area (Å²) in [6.07, 6.45) is -1.16. The van der Waals surface area contributed by atoms with Crippen molar-refractivity contribution in [1.29, 1.82) is 0 Å². The topological polar surface area (TPSA) is 136 Å². The predicted molar refractivity (Wildman–Crippen MR) is 93.5 cm³/mol. The molecule has 9 heteroatoms. The van der Waals surface area contributed by atoms with Crippen molar-refractivity contribution in [2.45, 2.75) is 39.3 Å². The van der Waals surface area contributed by atoms with Crippen LogP contribution in [0.5, 0.6) is 0 Å². The summed E-state index contributed by atoms with van der Waals surface area (Å²) in [6, 6.07) is 3.99. The molecule has 2 rings (SSSR count). The first kappa shape index (κ1) is 20.1. The van der Waals surface area contributed by atoms with Crippen molar-refractivity contribution in [3.8, 4) is 0 Å². The maximum absolute atomic E-state index is 12.7. The van der Waals surface area contributed by atoms with Crippen LogP contribution < -0.4 is 11.1 Å². The van der Waals surface area contributed by atoms with E-state index in [1.54, 1.807) is 17.4 Å². The second-order valence-electron chi connectivity index (χ2n) is 6.60. The van der Waals surface area contributed by atoms with Gasteiger partial charge in [-0.3, -0.25) is 24.6 Å². The Labute approximate surface area is 155 Å². The molecule has 0 unspecified atom stereocenters. The fourth-order valence-corrected chi connectivity index (χ4v) is 2.77. The number of esters is 1. The first-order valence-corrected chi connectivity index (χ1v) is 8.41. The highest BCUT2D eigenvalue weighted by Gasteiger charge is 2.44. The van der Waals surface area contributed by atoms with Gasteiger partial charge in [0.1, 0.15) is 6.04 Å². The van der Waals surface area contributed by atoms with Gasteiger partial charge < -0.3 is 10.5 Å². The van der Waals surface area contributed by atoms with E-state index in [4.69, 9.17) is 10.5 Å². The second kappa shape index (κ2) is 7.98. The summed E-state index contributed by atoms with van der Waals surface area (Å²) < 4.78 is 5.08. The number of hydrogen-bond acceptors (Lipinski definition) is 6. The summed E-state index contributed by atoms with van der Waals surface area (Å²) in [5.74, 6) is -3.03. The van der Waals surface area contributed by atoms with E-state index in [1.165, 1.54) is 19.1 Å². The van der Waals surface area contributed by atoms with E-state index in [2.05, 4.69) is 0 Å². The second-order valence-corrected chi connectivity index (χ2v) is 6.60. The molecule has 3 N–H and O–H groups in total. The van der Waals surface area contributed by atoms with Gasteiger partial charge in [-0.25, -0.2) is 9.59 Å². The molecule has 0 saturated carbocycles. The fourth-order valence-electron chi connectivity index (χ4n) is 2.77. The highest BCUT2D eigenvalue weighted by molar-refractivity contribution is 6.22. The first-order valence-electron chi connectivity index (χ1n) is 8.41. The highest BCUT2D eigenvalue weighted by Crippen LogP contribution is 2.27. The van der Waals surface area contributed by atoms with Gasteiger partial charge in [0.2, 0.25) is 0 Å².